The second kappa shape index (κ2) is 6.64. The lowest BCUT2D eigenvalue weighted by molar-refractivity contribution is 0.0955. The summed E-state index contributed by atoms with van der Waals surface area (Å²) in [4.78, 5) is 12.8. The van der Waals surface area contributed by atoms with Crippen LogP contribution in [0, 0.1) is 5.82 Å². The number of nitrogens with one attached hydrogen (secondary N) is 1. The van der Waals surface area contributed by atoms with Crippen molar-refractivity contribution in [3.8, 4) is 22.8 Å². The normalized spacial score (nSPS) is 12.2. The van der Waals surface area contributed by atoms with Gasteiger partial charge in [-0.25, -0.2) is 4.39 Å². The standard InChI is InChI=1S/C18H14FN3O3S/c19-12-4-2-11(3-5-12)16-15(20)17(26-22-16)18(23)21-8-10-1-6-13-14(7-10)25-9-24-13/h1-7H,8-9,20H2,(H,21,23). The van der Waals surface area contributed by atoms with E-state index >= 15 is 0 Å². The fourth-order valence-corrected chi connectivity index (χ4v) is 3.33. The van der Waals surface area contributed by atoms with Gasteiger partial charge in [-0.1, -0.05) is 6.07 Å². The molecule has 3 N–H and O–H groups in total. The summed E-state index contributed by atoms with van der Waals surface area (Å²) >= 11 is 1.01. The van der Waals surface area contributed by atoms with Crippen LogP contribution in [0.1, 0.15) is 15.2 Å². The zero-order valence-electron chi connectivity index (χ0n) is 13.5. The van der Waals surface area contributed by atoms with Crippen molar-refractivity contribution < 1.29 is 18.7 Å². The lowest BCUT2D eigenvalue weighted by Crippen LogP contribution is -2.22. The zero-order chi connectivity index (χ0) is 18.1. The van der Waals surface area contributed by atoms with E-state index in [1.165, 1.54) is 12.1 Å². The van der Waals surface area contributed by atoms with Crippen LogP contribution in [0.25, 0.3) is 11.3 Å². The molecule has 0 saturated heterocycles. The summed E-state index contributed by atoms with van der Waals surface area (Å²) in [6.45, 7) is 0.521. The Kier molecular flexibility index (Phi) is 4.18. The number of benzene rings is 2. The average molecular weight is 371 g/mol. The summed E-state index contributed by atoms with van der Waals surface area (Å²) in [5.41, 5.74) is 8.37. The van der Waals surface area contributed by atoms with Crippen LogP contribution in [0.5, 0.6) is 11.5 Å². The summed E-state index contributed by atoms with van der Waals surface area (Å²) in [6, 6.07) is 11.3. The third kappa shape index (κ3) is 3.06. The van der Waals surface area contributed by atoms with E-state index in [1.807, 2.05) is 12.1 Å². The van der Waals surface area contributed by atoms with Crippen LogP contribution in [0.4, 0.5) is 10.1 Å². The largest absolute Gasteiger partial charge is 0.454 e. The number of ether oxygens (including phenoxy) is 2. The highest BCUT2D eigenvalue weighted by Gasteiger charge is 2.19. The van der Waals surface area contributed by atoms with Crippen LogP contribution in [-0.2, 0) is 6.54 Å². The molecule has 6 nitrogen and oxygen atoms in total. The van der Waals surface area contributed by atoms with E-state index in [1.54, 1.807) is 18.2 Å². The Morgan fingerprint density at radius 3 is 2.77 bits per heavy atom. The highest BCUT2D eigenvalue weighted by atomic mass is 32.1. The molecule has 0 radical (unpaired) electrons. The number of aromatic nitrogens is 1. The molecule has 1 amide bonds. The Morgan fingerprint density at radius 2 is 1.96 bits per heavy atom. The van der Waals surface area contributed by atoms with Crippen LogP contribution in [0.15, 0.2) is 42.5 Å². The SMILES string of the molecule is Nc1c(-c2ccc(F)cc2)nsc1C(=O)NCc1ccc2c(c1)OCO2. The summed E-state index contributed by atoms with van der Waals surface area (Å²) in [7, 11) is 0. The summed E-state index contributed by atoms with van der Waals surface area (Å²) < 4.78 is 27.9. The lowest BCUT2D eigenvalue weighted by Gasteiger charge is -2.06. The van der Waals surface area contributed by atoms with Crippen molar-refractivity contribution in [1.82, 2.24) is 9.69 Å². The number of nitrogens with two attached hydrogens (primary N) is 1. The minimum Gasteiger partial charge on any atom is -0.454 e. The van der Waals surface area contributed by atoms with Gasteiger partial charge >= 0.3 is 0 Å². The molecule has 0 saturated carbocycles. The van der Waals surface area contributed by atoms with Crippen LogP contribution >= 0.6 is 11.5 Å². The Bertz CT molecular complexity index is 972. The average Bonchev–Trinajstić information content (AvgIpc) is 3.26. The minimum absolute atomic E-state index is 0.203. The quantitative estimate of drug-likeness (QED) is 0.736. The number of nitrogen functional groups attached to an aromatic ring is 1. The molecule has 0 spiro atoms. The van der Waals surface area contributed by atoms with E-state index in [4.69, 9.17) is 15.2 Å². The van der Waals surface area contributed by atoms with Gasteiger partial charge < -0.3 is 20.5 Å². The molecule has 2 aromatic carbocycles. The highest BCUT2D eigenvalue weighted by Crippen LogP contribution is 2.33. The van der Waals surface area contributed by atoms with Gasteiger partial charge in [0.2, 0.25) is 6.79 Å². The van der Waals surface area contributed by atoms with Crippen molar-refractivity contribution in [1.29, 1.82) is 0 Å². The number of anilines is 1. The first kappa shape index (κ1) is 16.3. The van der Waals surface area contributed by atoms with E-state index in [2.05, 4.69) is 9.69 Å². The van der Waals surface area contributed by atoms with Crippen molar-refractivity contribution in [2.45, 2.75) is 6.54 Å². The van der Waals surface area contributed by atoms with Crippen molar-refractivity contribution in [3.05, 3.63) is 58.7 Å². The van der Waals surface area contributed by atoms with Gasteiger partial charge in [-0.2, -0.15) is 4.37 Å². The maximum absolute atomic E-state index is 13.1. The second-order valence-electron chi connectivity index (χ2n) is 5.65. The van der Waals surface area contributed by atoms with Gasteiger partial charge in [-0.15, -0.1) is 0 Å². The number of fused-ring (bicyclic) bond motifs is 1. The summed E-state index contributed by atoms with van der Waals surface area (Å²) in [5, 5.41) is 2.82. The molecule has 0 aliphatic carbocycles. The maximum Gasteiger partial charge on any atom is 0.265 e. The van der Waals surface area contributed by atoms with Crippen LogP contribution < -0.4 is 20.5 Å². The van der Waals surface area contributed by atoms with Crippen molar-refractivity contribution >= 4 is 23.1 Å². The molecule has 0 bridgehead atoms. The minimum atomic E-state index is -0.343. The molecule has 26 heavy (non-hydrogen) atoms. The number of hydrogen-bond donors (Lipinski definition) is 2. The first-order chi connectivity index (χ1) is 12.6. The lowest BCUT2D eigenvalue weighted by atomic mass is 10.1. The Morgan fingerprint density at radius 1 is 1.19 bits per heavy atom. The van der Waals surface area contributed by atoms with Gasteiger partial charge in [0, 0.05) is 12.1 Å². The number of carbonyl (C=O) groups is 1. The van der Waals surface area contributed by atoms with E-state index in [0.717, 1.165) is 17.1 Å². The first-order valence-corrected chi connectivity index (χ1v) is 8.57. The van der Waals surface area contributed by atoms with Crippen molar-refractivity contribution in [3.63, 3.8) is 0 Å². The fourth-order valence-electron chi connectivity index (χ4n) is 2.59. The van der Waals surface area contributed by atoms with Gasteiger partial charge in [0.25, 0.3) is 5.91 Å². The Balaban J connectivity index is 1.47. The van der Waals surface area contributed by atoms with Crippen LogP contribution in [-0.4, -0.2) is 17.1 Å². The fraction of sp³-hybridized carbons (Fsp3) is 0.111. The topological polar surface area (TPSA) is 86.5 Å². The number of rotatable bonds is 4. The number of amides is 1. The van der Waals surface area contributed by atoms with Crippen LogP contribution in [0.3, 0.4) is 0 Å². The van der Waals surface area contributed by atoms with E-state index in [-0.39, 0.29) is 24.2 Å². The molecule has 0 unspecified atom stereocenters. The third-order valence-corrected chi connectivity index (χ3v) is 4.80. The predicted octanol–water partition coefficient (Wildman–Crippen LogP) is 3.19. The van der Waals surface area contributed by atoms with Crippen molar-refractivity contribution in [2.75, 3.05) is 12.5 Å². The third-order valence-electron chi connectivity index (χ3n) is 3.94. The maximum atomic E-state index is 13.1. The molecule has 1 aromatic heterocycles. The molecule has 132 valence electrons. The Labute approximate surface area is 152 Å². The van der Waals surface area contributed by atoms with E-state index < -0.39 is 0 Å². The molecule has 4 rings (SSSR count). The van der Waals surface area contributed by atoms with E-state index in [0.29, 0.717) is 34.2 Å². The van der Waals surface area contributed by atoms with E-state index in [9.17, 15) is 9.18 Å². The molecule has 3 aromatic rings. The number of halogens is 1. The number of carbonyl (C=O) groups excluding carboxylic acids is 1. The Hall–Kier alpha value is -3.13. The van der Waals surface area contributed by atoms with Crippen molar-refractivity contribution in [2.24, 2.45) is 0 Å². The van der Waals surface area contributed by atoms with Gasteiger partial charge in [-0.3, -0.25) is 4.79 Å². The zero-order valence-corrected chi connectivity index (χ0v) is 14.3. The molecule has 0 atom stereocenters. The number of hydrogen-bond acceptors (Lipinski definition) is 6. The molecule has 8 heteroatoms. The predicted molar refractivity (Wildman–Crippen MR) is 95.7 cm³/mol. The summed E-state index contributed by atoms with van der Waals surface area (Å²) in [6.07, 6.45) is 0. The molecular weight excluding hydrogens is 357 g/mol. The highest BCUT2D eigenvalue weighted by molar-refractivity contribution is 7.09. The van der Waals surface area contributed by atoms with Gasteiger partial charge in [-0.05, 0) is 53.5 Å². The molecule has 0 fully saturated rings. The molecule has 1 aliphatic rings. The smallest absolute Gasteiger partial charge is 0.265 e. The summed E-state index contributed by atoms with van der Waals surface area (Å²) in [5.74, 6) is 0.693. The number of nitrogens with zero attached hydrogens (tertiary/aromatic N) is 1. The second-order valence-corrected chi connectivity index (χ2v) is 6.42. The van der Waals surface area contributed by atoms with Gasteiger partial charge in [0.05, 0.1) is 5.69 Å². The van der Waals surface area contributed by atoms with Crippen LogP contribution in [0.2, 0.25) is 0 Å². The van der Waals surface area contributed by atoms with Gasteiger partial charge in [0.15, 0.2) is 11.5 Å². The monoisotopic (exact) mass is 371 g/mol. The van der Waals surface area contributed by atoms with Gasteiger partial charge in [0.1, 0.15) is 16.4 Å². The molecule has 1 aliphatic heterocycles. The molecule has 2 heterocycles. The molecular formula is C18H14FN3O3S. The first-order valence-electron chi connectivity index (χ1n) is 7.79.